The van der Waals surface area contributed by atoms with Crippen molar-refractivity contribution in [1.29, 1.82) is 0 Å². The van der Waals surface area contributed by atoms with E-state index in [0.29, 0.717) is 24.8 Å². The van der Waals surface area contributed by atoms with Crippen molar-refractivity contribution in [2.75, 3.05) is 25.5 Å². The summed E-state index contributed by atoms with van der Waals surface area (Å²) >= 11 is 0. The van der Waals surface area contributed by atoms with E-state index in [4.69, 9.17) is 9.26 Å². The number of nitrogens with one attached hydrogen (secondary N) is 1. The van der Waals surface area contributed by atoms with Gasteiger partial charge in [-0.3, -0.25) is 0 Å². The number of methoxy groups -OCH3 is 1. The second-order valence-electron chi connectivity index (χ2n) is 7.65. The summed E-state index contributed by atoms with van der Waals surface area (Å²) in [7, 11) is 1.63. The molecule has 7 nitrogen and oxygen atoms in total. The Morgan fingerprint density at radius 2 is 2.00 bits per heavy atom. The number of likely N-dealkylation sites (tertiary alicyclic amines) is 1. The van der Waals surface area contributed by atoms with Gasteiger partial charge >= 0.3 is 6.03 Å². The van der Waals surface area contributed by atoms with Crippen LogP contribution in [-0.2, 0) is 0 Å². The second kappa shape index (κ2) is 8.57. The summed E-state index contributed by atoms with van der Waals surface area (Å²) in [6, 6.07) is 13.4. The summed E-state index contributed by atoms with van der Waals surface area (Å²) in [4.78, 5) is 19.2. The van der Waals surface area contributed by atoms with E-state index < -0.39 is 0 Å². The number of amides is 2. The Hall–Kier alpha value is -3.35. The highest BCUT2D eigenvalue weighted by molar-refractivity contribution is 5.90. The summed E-state index contributed by atoms with van der Waals surface area (Å²) in [5, 5.41) is 7.17. The Morgan fingerprint density at radius 3 is 2.77 bits per heavy atom. The van der Waals surface area contributed by atoms with Crippen LogP contribution in [0.5, 0.6) is 5.75 Å². The fraction of sp³-hybridized carbons (Fsp3) is 0.348. The van der Waals surface area contributed by atoms with Gasteiger partial charge in [-0.25, -0.2) is 4.79 Å². The lowest BCUT2D eigenvalue weighted by Gasteiger charge is -2.31. The zero-order valence-electron chi connectivity index (χ0n) is 17.5. The van der Waals surface area contributed by atoms with Crippen LogP contribution in [0.4, 0.5) is 10.5 Å². The lowest BCUT2D eigenvalue weighted by atomic mass is 9.98. The van der Waals surface area contributed by atoms with Crippen molar-refractivity contribution >= 4 is 11.7 Å². The largest absolute Gasteiger partial charge is 0.497 e. The topological polar surface area (TPSA) is 80.5 Å². The van der Waals surface area contributed by atoms with Gasteiger partial charge in [-0.05, 0) is 68.1 Å². The number of carbonyl (C=O) groups is 1. The average Bonchev–Trinajstić information content (AvgIpc) is 3.27. The number of piperidine rings is 1. The molecule has 2 heterocycles. The molecule has 1 aliphatic heterocycles. The first-order valence-electron chi connectivity index (χ1n) is 10.2. The summed E-state index contributed by atoms with van der Waals surface area (Å²) < 4.78 is 10.7. The van der Waals surface area contributed by atoms with Gasteiger partial charge in [0.15, 0.2) is 0 Å². The van der Waals surface area contributed by atoms with E-state index in [9.17, 15) is 4.79 Å². The van der Waals surface area contributed by atoms with Gasteiger partial charge in [0.25, 0.3) is 0 Å². The molecule has 7 heteroatoms. The molecule has 1 aliphatic rings. The zero-order chi connectivity index (χ0) is 21.1. The molecule has 2 amide bonds. The SMILES string of the molecule is COc1ccc(-c2noc([C@@H]3CCCN(C(=O)Nc4cccc(C)c4C)C3)n2)cc1. The van der Waals surface area contributed by atoms with Crippen molar-refractivity contribution in [3.8, 4) is 17.1 Å². The minimum absolute atomic E-state index is 0.0302. The Morgan fingerprint density at radius 1 is 1.20 bits per heavy atom. The minimum Gasteiger partial charge on any atom is -0.497 e. The monoisotopic (exact) mass is 406 g/mol. The van der Waals surface area contributed by atoms with E-state index in [1.165, 1.54) is 0 Å². The number of benzene rings is 2. The number of urea groups is 1. The van der Waals surface area contributed by atoms with Gasteiger partial charge in [0.1, 0.15) is 5.75 Å². The van der Waals surface area contributed by atoms with Crippen molar-refractivity contribution < 1.29 is 14.1 Å². The van der Waals surface area contributed by atoms with Crippen molar-refractivity contribution in [2.45, 2.75) is 32.6 Å². The summed E-state index contributed by atoms with van der Waals surface area (Å²) in [5.74, 6) is 1.93. The van der Waals surface area contributed by atoms with Crippen LogP contribution in [0.3, 0.4) is 0 Å². The molecule has 2 aromatic carbocycles. The summed E-state index contributed by atoms with van der Waals surface area (Å²) in [6.07, 6.45) is 1.81. The number of hydrogen-bond donors (Lipinski definition) is 1. The first-order chi connectivity index (χ1) is 14.5. The molecule has 1 N–H and O–H groups in total. The minimum atomic E-state index is -0.0942. The van der Waals surface area contributed by atoms with Crippen LogP contribution in [0.25, 0.3) is 11.4 Å². The number of anilines is 1. The smallest absolute Gasteiger partial charge is 0.321 e. The lowest BCUT2D eigenvalue weighted by molar-refractivity contribution is 0.184. The molecule has 1 fully saturated rings. The van der Waals surface area contributed by atoms with Gasteiger partial charge in [0, 0.05) is 24.3 Å². The van der Waals surface area contributed by atoms with E-state index in [-0.39, 0.29) is 11.9 Å². The second-order valence-corrected chi connectivity index (χ2v) is 7.65. The molecule has 0 radical (unpaired) electrons. The van der Waals surface area contributed by atoms with Gasteiger partial charge in [0.05, 0.1) is 13.0 Å². The molecule has 1 saturated heterocycles. The third-order valence-corrected chi connectivity index (χ3v) is 5.69. The molecule has 156 valence electrons. The Labute approximate surface area is 176 Å². The first-order valence-corrected chi connectivity index (χ1v) is 10.2. The lowest BCUT2D eigenvalue weighted by Crippen LogP contribution is -2.41. The summed E-state index contributed by atoms with van der Waals surface area (Å²) in [6.45, 7) is 5.33. The number of nitrogens with zero attached hydrogens (tertiary/aromatic N) is 3. The third kappa shape index (κ3) is 4.15. The standard InChI is InChI=1S/C23H26N4O3/c1-15-6-4-8-20(16(15)2)24-23(28)27-13-5-7-18(14-27)22-25-21(26-30-22)17-9-11-19(29-3)12-10-17/h4,6,8-12,18H,5,7,13-14H2,1-3H3,(H,24,28)/t18-/m1/s1. The molecule has 0 saturated carbocycles. The third-order valence-electron chi connectivity index (χ3n) is 5.69. The maximum Gasteiger partial charge on any atom is 0.321 e. The van der Waals surface area contributed by atoms with Crippen LogP contribution >= 0.6 is 0 Å². The van der Waals surface area contributed by atoms with E-state index in [1.807, 2.05) is 61.2 Å². The molecular weight excluding hydrogens is 380 g/mol. The molecule has 1 atom stereocenters. The number of rotatable bonds is 4. The zero-order valence-corrected chi connectivity index (χ0v) is 17.5. The number of hydrogen-bond acceptors (Lipinski definition) is 5. The van der Waals surface area contributed by atoms with E-state index in [2.05, 4.69) is 15.5 Å². The number of carbonyl (C=O) groups excluding carboxylic acids is 1. The maximum atomic E-state index is 12.8. The van der Waals surface area contributed by atoms with Crippen LogP contribution in [0.15, 0.2) is 47.0 Å². The quantitative estimate of drug-likeness (QED) is 0.675. The fourth-order valence-corrected chi connectivity index (χ4v) is 3.70. The fourth-order valence-electron chi connectivity index (χ4n) is 3.70. The first kappa shape index (κ1) is 19.9. The Kier molecular flexibility index (Phi) is 5.70. The van der Waals surface area contributed by atoms with Crippen LogP contribution in [-0.4, -0.2) is 41.3 Å². The molecule has 3 aromatic rings. The number of aryl methyl sites for hydroxylation is 1. The van der Waals surface area contributed by atoms with Gasteiger partial charge in [-0.15, -0.1) is 0 Å². The van der Waals surface area contributed by atoms with E-state index in [0.717, 1.165) is 41.0 Å². The van der Waals surface area contributed by atoms with Crippen LogP contribution in [0.1, 0.15) is 35.8 Å². The van der Waals surface area contributed by atoms with Gasteiger partial charge in [0.2, 0.25) is 11.7 Å². The van der Waals surface area contributed by atoms with Crippen molar-refractivity contribution in [3.05, 3.63) is 59.5 Å². The summed E-state index contributed by atoms with van der Waals surface area (Å²) in [5.41, 5.74) is 3.95. The predicted molar refractivity (Wildman–Crippen MR) is 115 cm³/mol. The molecular formula is C23H26N4O3. The van der Waals surface area contributed by atoms with Gasteiger partial charge < -0.3 is 19.5 Å². The molecule has 30 heavy (non-hydrogen) atoms. The van der Waals surface area contributed by atoms with E-state index >= 15 is 0 Å². The molecule has 0 unspecified atom stereocenters. The Bertz CT molecular complexity index is 1030. The van der Waals surface area contributed by atoms with Crippen LogP contribution < -0.4 is 10.1 Å². The molecule has 1 aromatic heterocycles. The van der Waals surface area contributed by atoms with E-state index in [1.54, 1.807) is 7.11 Å². The Balaban J connectivity index is 1.44. The van der Waals surface area contributed by atoms with Crippen molar-refractivity contribution in [1.82, 2.24) is 15.0 Å². The maximum absolute atomic E-state index is 12.8. The van der Waals surface area contributed by atoms with Crippen LogP contribution in [0, 0.1) is 13.8 Å². The highest BCUT2D eigenvalue weighted by Crippen LogP contribution is 2.29. The van der Waals surface area contributed by atoms with Gasteiger partial charge in [-0.1, -0.05) is 17.3 Å². The normalized spacial score (nSPS) is 16.4. The van der Waals surface area contributed by atoms with Crippen molar-refractivity contribution in [2.24, 2.45) is 0 Å². The highest BCUT2D eigenvalue weighted by Gasteiger charge is 2.29. The highest BCUT2D eigenvalue weighted by atomic mass is 16.5. The molecule has 0 spiro atoms. The predicted octanol–water partition coefficient (Wildman–Crippen LogP) is 4.77. The van der Waals surface area contributed by atoms with Crippen LogP contribution in [0.2, 0.25) is 0 Å². The number of ether oxygens (including phenoxy) is 1. The molecule has 0 aliphatic carbocycles. The molecule has 4 rings (SSSR count). The number of aromatic nitrogens is 2. The average molecular weight is 406 g/mol. The van der Waals surface area contributed by atoms with Crippen molar-refractivity contribution in [3.63, 3.8) is 0 Å². The van der Waals surface area contributed by atoms with Gasteiger partial charge in [-0.2, -0.15) is 4.98 Å². The molecule has 0 bridgehead atoms.